The molecule has 0 aliphatic heterocycles. The zero-order valence-corrected chi connectivity index (χ0v) is 6.80. The van der Waals surface area contributed by atoms with Crippen molar-refractivity contribution in [3.8, 4) is 5.88 Å². The average molecular weight is 164 g/mol. The zero-order valence-electron chi connectivity index (χ0n) is 6.80. The third-order valence-electron chi connectivity index (χ3n) is 1.83. The van der Waals surface area contributed by atoms with E-state index in [2.05, 4.69) is 9.83 Å². The minimum Gasteiger partial charge on any atom is -0.494 e. The van der Waals surface area contributed by atoms with Gasteiger partial charge in [0.25, 0.3) is 11.2 Å². The van der Waals surface area contributed by atoms with Crippen LogP contribution < -0.4 is 5.56 Å². The molecule has 12 heavy (non-hydrogen) atoms. The summed E-state index contributed by atoms with van der Waals surface area (Å²) in [6.45, 7) is 10.0. The van der Waals surface area contributed by atoms with Crippen LogP contribution in [0.5, 0.6) is 5.88 Å². The molecule has 0 unspecified atom stereocenters. The van der Waals surface area contributed by atoms with E-state index < -0.39 is 5.56 Å². The van der Waals surface area contributed by atoms with Crippen LogP contribution >= 0.6 is 0 Å². The van der Waals surface area contributed by atoms with E-state index in [1.807, 2.05) is 0 Å². The van der Waals surface area contributed by atoms with Gasteiger partial charge in [-0.05, 0) is 19.4 Å². The molecule has 0 saturated heterocycles. The third kappa shape index (κ3) is 1.05. The summed E-state index contributed by atoms with van der Waals surface area (Å²) in [6, 6.07) is 0. The molecule has 1 rings (SSSR count). The Bertz CT molecular complexity index is 412. The molecule has 1 aromatic heterocycles. The molecule has 0 aromatic carbocycles. The van der Waals surface area contributed by atoms with Gasteiger partial charge in [0.05, 0.1) is 6.57 Å². The average Bonchev–Trinajstić information content (AvgIpc) is 2.01. The van der Waals surface area contributed by atoms with Crippen molar-refractivity contribution in [2.24, 2.45) is 0 Å². The quantitative estimate of drug-likeness (QED) is 0.567. The molecule has 0 amide bonds. The molecule has 0 saturated carbocycles. The van der Waals surface area contributed by atoms with Gasteiger partial charge in [0.15, 0.2) is 5.88 Å². The first kappa shape index (κ1) is 8.34. The molecule has 0 fully saturated rings. The predicted octanol–water partition coefficient (Wildman–Crippen LogP) is 1.25. The van der Waals surface area contributed by atoms with E-state index >= 15 is 0 Å². The summed E-state index contributed by atoms with van der Waals surface area (Å²) < 4.78 is 0. The maximum Gasteiger partial charge on any atom is 0.257 e. The molecule has 0 atom stereocenters. The van der Waals surface area contributed by atoms with Crippen molar-refractivity contribution in [2.45, 2.75) is 13.8 Å². The van der Waals surface area contributed by atoms with Crippen LogP contribution in [0.2, 0.25) is 0 Å². The summed E-state index contributed by atoms with van der Waals surface area (Å²) in [7, 11) is 0. The predicted molar refractivity (Wildman–Crippen MR) is 44.5 cm³/mol. The number of pyridine rings is 1. The summed E-state index contributed by atoms with van der Waals surface area (Å²) in [5.41, 5.74) is 0.586. The lowest BCUT2D eigenvalue weighted by molar-refractivity contribution is 0.447. The van der Waals surface area contributed by atoms with Crippen LogP contribution in [0, 0.1) is 20.4 Å². The molecule has 2 N–H and O–H groups in total. The fourth-order valence-corrected chi connectivity index (χ4v) is 0.921. The van der Waals surface area contributed by atoms with Crippen LogP contribution in [0.3, 0.4) is 0 Å². The lowest BCUT2D eigenvalue weighted by Gasteiger charge is -2.02. The second-order valence-corrected chi connectivity index (χ2v) is 2.51. The molecule has 4 heteroatoms. The van der Waals surface area contributed by atoms with Crippen LogP contribution in [-0.4, -0.2) is 10.1 Å². The Morgan fingerprint density at radius 3 is 2.50 bits per heavy atom. The van der Waals surface area contributed by atoms with E-state index in [1.54, 1.807) is 13.8 Å². The van der Waals surface area contributed by atoms with Crippen LogP contribution in [0.4, 0.5) is 5.69 Å². The summed E-state index contributed by atoms with van der Waals surface area (Å²) in [6.07, 6.45) is 0. The molecule has 1 heterocycles. The first-order chi connectivity index (χ1) is 5.57. The molecule has 0 aliphatic carbocycles. The fraction of sp³-hybridized carbons (Fsp3) is 0.250. The van der Waals surface area contributed by atoms with Crippen LogP contribution in [-0.2, 0) is 0 Å². The van der Waals surface area contributed by atoms with Gasteiger partial charge in [-0.15, -0.1) is 0 Å². The lowest BCUT2D eigenvalue weighted by Crippen LogP contribution is -2.07. The monoisotopic (exact) mass is 164 g/mol. The molecule has 0 radical (unpaired) electrons. The summed E-state index contributed by atoms with van der Waals surface area (Å²) in [4.78, 5) is 16.3. The summed E-state index contributed by atoms with van der Waals surface area (Å²) in [5, 5.41) is 9.14. The first-order valence-corrected chi connectivity index (χ1v) is 3.37. The molecular formula is C8H8N2O2. The Balaban J connectivity index is 3.66. The minimum absolute atomic E-state index is 0.0466. The highest BCUT2D eigenvalue weighted by Gasteiger charge is 2.09. The Hall–Kier alpha value is -1.76. The second-order valence-electron chi connectivity index (χ2n) is 2.51. The van der Waals surface area contributed by atoms with E-state index in [0.29, 0.717) is 11.1 Å². The van der Waals surface area contributed by atoms with Gasteiger partial charge in [-0.25, -0.2) is 4.85 Å². The maximum absolute atomic E-state index is 11.0. The first-order valence-electron chi connectivity index (χ1n) is 3.37. The Labute approximate surface area is 69.3 Å². The summed E-state index contributed by atoms with van der Waals surface area (Å²) in [5.74, 6) is -0.162. The highest BCUT2D eigenvalue weighted by atomic mass is 16.3. The number of aromatic hydroxyl groups is 1. The topological polar surface area (TPSA) is 57.4 Å². The van der Waals surface area contributed by atoms with Crippen molar-refractivity contribution in [1.82, 2.24) is 4.98 Å². The van der Waals surface area contributed by atoms with Crippen molar-refractivity contribution in [2.75, 3.05) is 0 Å². The smallest absolute Gasteiger partial charge is 0.257 e. The minimum atomic E-state index is -0.536. The molecule has 0 aliphatic rings. The number of aromatic amines is 1. The van der Waals surface area contributed by atoms with Crippen molar-refractivity contribution < 1.29 is 5.11 Å². The van der Waals surface area contributed by atoms with E-state index in [-0.39, 0.29) is 11.6 Å². The molecule has 4 nitrogen and oxygen atoms in total. The molecule has 1 aromatic rings. The maximum atomic E-state index is 11.0. The van der Waals surface area contributed by atoms with Crippen molar-refractivity contribution in [3.05, 3.63) is 32.9 Å². The highest BCUT2D eigenvalue weighted by Crippen LogP contribution is 2.21. The normalized spacial score (nSPS) is 9.42. The highest BCUT2D eigenvalue weighted by molar-refractivity contribution is 5.54. The van der Waals surface area contributed by atoms with Gasteiger partial charge in [-0.2, -0.15) is 0 Å². The van der Waals surface area contributed by atoms with Crippen molar-refractivity contribution in [3.63, 3.8) is 0 Å². The van der Waals surface area contributed by atoms with E-state index in [9.17, 15) is 4.79 Å². The second kappa shape index (κ2) is 2.70. The lowest BCUT2D eigenvalue weighted by atomic mass is 10.1. The largest absolute Gasteiger partial charge is 0.494 e. The van der Waals surface area contributed by atoms with E-state index in [1.165, 1.54) is 0 Å². The molecule has 0 spiro atoms. The van der Waals surface area contributed by atoms with E-state index in [4.69, 9.17) is 11.7 Å². The van der Waals surface area contributed by atoms with Gasteiger partial charge < -0.3 is 10.1 Å². The Morgan fingerprint density at radius 2 is 2.00 bits per heavy atom. The van der Waals surface area contributed by atoms with E-state index in [0.717, 1.165) is 0 Å². The number of nitrogens with zero attached hydrogens (tertiary/aromatic N) is 1. The third-order valence-corrected chi connectivity index (χ3v) is 1.83. The SMILES string of the molecule is [C-]#[N+]c1c(C)c(C)c(O)[nH]c1=O. The van der Waals surface area contributed by atoms with Gasteiger partial charge in [0.2, 0.25) is 0 Å². The van der Waals surface area contributed by atoms with Crippen LogP contribution in [0.25, 0.3) is 4.85 Å². The number of H-pyrrole nitrogens is 1. The van der Waals surface area contributed by atoms with Gasteiger partial charge in [-0.3, -0.25) is 4.79 Å². The fourth-order valence-electron chi connectivity index (χ4n) is 0.921. The molecular weight excluding hydrogens is 156 g/mol. The number of rotatable bonds is 0. The Morgan fingerprint density at radius 1 is 1.42 bits per heavy atom. The van der Waals surface area contributed by atoms with Crippen molar-refractivity contribution in [1.29, 1.82) is 0 Å². The number of aromatic nitrogens is 1. The van der Waals surface area contributed by atoms with Crippen LogP contribution in [0.15, 0.2) is 4.79 Å². The van der Waals surface area contributed by atoms with Crippen molar-refractivity contribution >= 4 is 5.69 Å². The standard InChI is InChI=1S/C8H8N2O2/c1-4-5(2)7(11)10-8(12)6(4)9-3/h1-2H3,(H2,10,11,12). The number of hydrogen-bond donors (Lipinski definition) is 2. The van der Waals surface area contributed by atoms with Gasteiger partial charge >= 0.3 is 0 Å². The molecule has 62 valence electrons. The number of hydrogen-bond acceptors (Lipinski definition) is 2. The molecule has 0 bridgehead atoms. The van der Waals surface area contributed by atoms with Crippen LogP contribution in [0.1, 0.15) is 11.1 Å². The summed E-state index contributed by atoms with van der Waals surface area (Å²) >= 11 is 0. The van der Waals surface area contributed by atoms with Gasteiger partial charge in [-0.1, -0.05) is 0 Å². The Kier molecular flexibility index (Phi) is 1.88. The van der Waals surface area contributed by atoms with Gasteiger partial charge in [0, 0.05) is 5.56 Å². The van der Waals surface area contributed by atoms with Gasteiger partial charge in [0.1, 0.15) is 0 Å². The zero-order chi connectivity index (χ0) is 9.30. The number of nitrogens with one attached hydrogen (secondary N) is 1.